The highest BCUT2D eigenvalue weighted by Crippen LogP contribution is 2.32. The van der Waals surface area contributed by atoms with Crippen molar-refractivity contribution in [1.82, 2.24) is 10.6 Å². The smallest absolute Gasteiger partial charge is 0.220 e. The minimum Gasteiger partial charge on any atom is -0.355 e. The highest BCUT2D eigenvalue weighted by atomic mass is 16.1. The first-order chi connectivity index (χ1) is 6.25. The zero-order valence-corrected chi connectivity index (χ0v) is 8.18. The lowest BCUT2D eigenvalue weighted by Crippen LogP contribution is -2.49. The molecule has 1 aliphatic carbocycles. The average molecular weight is 182 g/mol. The third-order valence-electron chi connectivity index (χ3n) is 3.09. The first-order valence-corrected chi connectivity index (χ1v) is 5.28. The number of piperidine rings is 1. The second-order valence-electron chi connectivity index (χ2n) is 4.33. The summed E-state index contributed by atoms with van der Waals surface area (Å²) in [6.45, 7) is 3.07. The number of rotatable bonds is 3. The van der Waals surface area contributed by atoms with Crippen LogP contribution in [0.1, 0.15) is 32.6 Å². The van der Waals surface area contributed by atoms with E-state index in [0.29, 0.717) is 18.5 Å². The molecule has 0 radical (unpaired) electrons. The molecule has 1 saturated heterocycles. The van der Waals surface area contributed by atoms with E-state index in [1.165, 1.54) is 12.8 Å². The molecule has 1 aliphatic heterocycles. The van der Waals surface area contributed by atoms with E-state index in [2.05, 4.69) is 17.6 Å². The quantitative estimate of drug-likeness (QED) is 0.673. The average Bonchev–Trinajstić information content (AvgIpc) is 2.91. The van der Waals surface area contributed by atoms with E-state index >= 15 is 0 Å². The fraction of sp³-hybridized carbons (Fsp3) is 0.900. The van der Waals surface area contributed by atoms with Gasteiger partial charge in [-0.3, -0.25) is 4.79 Å². The Morgan fingerprint density at radius 3 is 2.77 bits per heavy atom. The van der Waals surface area contributed by atoms with Gasteiger partial charge in [0, 0.05) is 25.0 Å². The predicted molar refractivity (Wildman–Crippen MR) is 51.4 cm³/mol. The molecule has 2 fully saturated rings. The van der Waals surface area contributed by atoms with Crippen LogP contribution in [0.2, 0.25) is 0 Å². The van der Waals surface area contributed by atoms with Crippen LogP contribution in [0.4, 0.5) is 0 Å². The summed E-state index contributed by atoms with van der Waals surface area (Å²) in [6, 6.07) is 1.15. The summed E-state index contributed by atoms with van der Waals surface area (Å²) in [5.41, 5.74) is 0. The first-order valence-electron chi connectivity index (χ1n) is 5.28. The van der Waals surface area contributed by atoms with Gasteiger partial charge in [-0.1, -0.05) is 0 Å². The molecular weight excluding hydrogens is 164 g/mol. The Bertz CT molecular complexity index is 191. The zero-order chi connectivity index (χ0) is 9.26. The van der Waals surface area contributed by atoms with Crippen molar-refractivity contribution < 1.29 is 4.79 Å². The number of amides is 1. The normalized spacial score (nSPS) is 31.2. The summed E-state index contributed by atoms with van der Waals surface area (Å²) < 4.78 is 0. The summed E-state index contributed by atoms with van der Waals surface area (Å²) in [5, 5.41) is 6.48. The lowest BCUT2D eigenvalue weighted by atomic mass is 10.1. The van der Waals surface area contributed by atoms with Gasteiger partial charge in [-0.2, -0.15) is 0 Å². The number of hydrogen-bond acceptors (Lipinski definition) is 2. The van der Waals surface area contributed by atoms with Gasteiger partial charge < -0.3 is 10.6 Å². The summed E-state index contributed by atoms with van der Waals surface area (Å²) >= 11 is 0. The van der Waals surface area contributed by atoms with Crippen LogP contribution in [0.25, 0.3) is 0 Å². The fourth-order valence-electron chi connectivity index (χ4n) is 1.98. The van der Waals surface area contributed by atoms with Crippen molar-refractivity contribution in [3.8, 4) is 0 Å². The maximum absolute atomic E-state index is 10.9. The second kappa shape index (κ2) is 3.66. The van der Waals surface area contributed by atoms with Gasteiger partial charge in [-0.25, -0.2) is 0 Å². The molecular formula is C10H18N2O. The molecule has 2 atom stereocenters. The van der Waals surface area contributed by atoms with E-state index in [9.17, 15) is 4.79 Å². The number of carbonyl (C=O) groups excluding carboxylic acids is 1. The van der Waals surface area contributed by atoms with Crippen LogP contribution in [0.3, 0.4) is 0 Å². The Hall–Kier alpha value is -0.570. The highest BCUT2D eigenvalue weighted by molar-refractivity contribution is 5.76. The molecule has 74 valence electrons. The van der Waals surface area contributed by atoms with Crippen LogP contribution in [-0.4, -0.2) is 24.5 Å². The van der Waals surface area contributed by atoms with Crippen molar-refractivity contribution >= 4 is 5.91 Å². The molecule has 0 bridgehead atoms. The summed E-state index contributed by atoms with van der Waals surface area (Å²) in [7, 11) is 0. The summed E-state index contributed by atoms with van der Waals surface area (Å²) in [5.74, 6) is 1.11. The first kappa shape index (κ1) is 9.00. The Balaban J connectivity index is 1.71. The molecule has 0 aromatic rings. The van der Waals surface area contributed by atoms with Gasteiger partial charge in [0.05, 0.1) is 0 Å². The Labute approximate surface area is 79.3 Å². The van der Waals surface area contributed by atoms with Gasteiger partial charge in [0.15, 0.2) is 0 Å². The molecule has 3 heteroatoms. The molecule has 0 aromatic carbocycles. The largest absolute Gasteiger partial charge is 0.355 e. The van der Waals surface area contributed by atoms with Crippen molar-refractivity contribution in [1.29, 1.82) is 0 Å². The van der Waals surface area contributed by atoms with Crippen LogP contribution in [0.5, 0.6) is 0 Å². The van der Waals surface area contributed by atoms with Crippen molar-refractivity contribution in [3.05, 3.63) is 0 Å². The van der Waals surface area contributed by atoms with Crippen LogP contribution in [0.15, 0.2) is 0 Å². The van der Waals surface area contributed by atoms with Gasteiger partial charge in [0.2, 0.25) is 5.91 Å². The molecule has 2 unspecified atom stereocenters. The topological polar surface area (TPSA) is 41.1 Å². The SMILES string of the molecule is CC(NC1CCC(=O)NC1)C1CC1. The Kier molecular flexibility index (Phi) is 2.54. The highest BCUT2D eigenvalue weighted by Gasteiger charge is 2.30. The van der Waals surface area contributed by atoms with E-state index in [4.69, 9.17) is 0 Å². The van der Waals surface area contributed by atoms with Crippen LogP contribution in [0, 0.1) is 5.92 Å². The van der Waals surface area contributed by atoms with Gasteiger partial charge >= 0.3 is 0 Å². The van der Waals surface area contributed by atoms with E-state index in [-0.39, 0.29) is 5.91 Å². The monoisotopic (exact) mass is 182 g/mol. The van der Waals surface area contributed by atoms with Gasteiger partial charge in [-0.15, -0.1) is 0 Å². The Morgan fingerprint density at radius 2 is 2.23 bits per heavy atom. The molecule has 1 saturated carbocycles. The zero-order valence-electron chi connectivity index (χ0n) is 8.18. The van der Waals surface area contributed by atoms with Crippen LogP contribution < -0.4 is 10.6 Å². The second-order valence-corrected chi connectivity index (χ2v) is 4.33. The molecule has 2 N–H and O–H groups in total. The van der Waals surface area contributed by atoms with E-state index in [1.54, 1.807) is 0 Å². The van der Waals surface area contributed by atoms with Gasteiger partial charge in [0.25, 0.3) is 0 Å². The van der Waals surface area contributed by atoms with Crippen molar-refractivity contribution in [2.75, 3.05) is 6.54 Å². The number of carbonyl (C=O) groups is 1. The van der Waals surface area contributed by atoms with Gasteiger partial charge in [0.1, 0.15) is 0 Å². The van der Waals surface area contributed by atoms with E-state index < -0.39 is 0 Å². The van der Waals surface area contributed by atoms with Crippen molar-refractivity contribution in [2.45, 2.75) is 44.7 Å². The van der Waals surface area contributed by atoms with E-state index in [1.807, 2.05) is 0 Å². The van der Waals surface area contributed by atoms with Crippen LogP contribution >= 0.6 is 0 Å². The third-order valence-corrected chi connectivity index (χ3v) is 3.09. The minimum absolute atomic E-state index is 0.206. The Morgan fingerprint density at radius 1 is 1.46 bits per heavy atom. The molecule has 0 aromatic heterocycles. The molecule has 1 heterocycles. The van der Waals surface area contributed by atoms with E-state index in [0.717, 1.165) is 18.9 Å². The predicted octanol–water partition coefficient (Wildman–Crippen LogP) is 0.653. The molecule has 0 spiro atoms. The standard InChI is InChI=1S/C10H18N2O/c1-7(8-2-3-8)12-9-4-5-10(13)11-6-9/h7-9,12H,2-6H2,1H3,(H,11,13). The lowest BCUT2D eigenvalue weighted by Gasteiger charge is -2.26. The summed E-state index contributed by atoms with van der Waals surface area (Å²) in [6.07, 6.45) is 4.46. The number of nitrogens with one attached hydrogen (secondary N) is 2. The molecule has 3 nitrogen and oxygen atoms in total. The molecule has 13 heavy (non-hydrogen) atoms. The number of hydrogen-bond donors (Lipinski definition) is 2. The van der Waals surface area contributed by atoms with Crippen molar-refractivity contribution in [3.63, 3.8) is 0 Å². The molecule has 1 amide bonds. The summed E-state index contributed by atoms with van der Waals surface area (Å²) in [4.78, 5) is 10.9. The maximum atomic E-state index is 10.9. The maximum Gasteiger partial charge on any atom is 0.220 e. The van der Waals surface area contributed by atoms with Crippen LogP contribution in [-0.2, 0) is 4.79 Å². The van der Waals surface area contributed by atoms with Crippen molar-refractivity contribution in [2.24, 2.45) is 5.92 Å². The molecule has 2 aliphatic rings. The minimum atomic E-state index is 0.206. The molecule has 2 rings (SSSR count). The fourth-order valence-corrected chi connectivity index (χ4v) is 1.98. The third kappa shape index (κ3) is 2.44. The lowest BCUT2D eigenvalue weighted by molar-refractivity contribution is -0.122. The van der Waals surface area contributed by atoms with Gasteiger partial charge in [-0.05, 0) is 32.1 Å².